The Balaban J connectivity index is 2.20. The number of benzene rings is 1. The van der Waals surface area contributed by atoms with E-state index in [4.69, 9.17) is 5.11 Å². The van der Waals surface area contributed by atoms with Gasteiger partial charge < -0.3 is 10.4 Å². The molecule has 0 amide bonds. The van der Waals surface area contributed by atoms with E-state index >= 15 is 0 Å². The number of hydrogen-bond acceptors (Lipinski definition) is 3. The summed E-state index contributed by atoms with van der Waals surface area (Å²) in [4.78, 5) is 11.1. The van der Waals surface area contributed by atoms with Crippen LogP contribution in [0.25, 0.3) is 0 Å². The average molecular weight is 305 g/mol. The van der Waals surface area contributed by atoms with Crippen molar-refractivity contribution in [3.8, 4) is 0 Å². The summed E-state index contributed by atoms with van der Waals surface area (Å²) < 4.78 is 52.6. The van der Waals surface area contributed by atoms with E-state index in [9.17, 15) is 22.4 Å². The molecule has 1 heterocycles. The Bertz CT molecular complexity index is 645. The van der Waals surface area contributed by atoms with E-state index in [0.29, 0.717) is 4.88 Å². The number of hydrogen-bond donors (Lipinski definition) is 2. The quantitative estimate of drug-likeness (QED) is 0.670. The maximum Gasteiger partial charge on any atom is 0.336 e. The number of carbonyl (C=O) groups is 1. The lowest BCUT2D eigenvalue weighted by molar-refractivity contribution is 0.0697. The van der Waals surface area contributed by atoms with Gasteiger partial charge in [0, 0.05) is 22.9 Å². The normalized spacial score (nSPS) is 10.6. The van der Waals surface area contributed by atoms with Gasteiger partial charge in [0.15, 0.2) is 23.3 Å². The fourth-order valence-corrected chi connectivity index (χ4v) is 2.29. The molecule has 0 saturated heterocycles. The second-order valence-electron chi connectivity index (χ2n) is 3.80. The fourth-order valence-electron chi connectivity index (χ4n) is 1.49. The molecule has 0 aliphatic rings. The molecule has 0 unspecified atom stereocenters. The topological polar surface area (TPSA) is 49.3 Å². The summed E-state index contributed by atoms with van der Waals surface area (Å²) in [6.07, 6.45) is 0. The molecular formula is C12H7F4NO2S. The van der Waals surface area contributed by atoms with Gasteiger partial charge in [-0.2, -0.15) is 0 Å². The van der Waals surface area contributed by atoms with E-state index in [1.165, 1.54) is 11.4 Å². The van der Waals surface area contributed by atoms with Gasteiger partial charge in [0.25, 0.3) is 0 Å². The Hall–Kier alpha value is -2.09. The Morgan fingerprint density at radius 2 is 1.75 bits per heavy atom. The number of carboxylic acids is 1. The van der Waals surface area contributed by atoms with Gasteiger partial charge in [-0.1, -0.05) is 0 Å². The highest BCUT2D eigenvalue weighted by atomic mass is 32.1. The van der Waals surface area contributed by atoms with E-state index in [-0.39, 0.29) is 18.2 Å². The van der Waals surface area contributed by atoms with Crippen molar-refractivity contribution >= 4 is 23.0 Å². The van der Waals surface area contributed by atoms with Crippen LogP contribution < -0.4 is 5.32 Å². The first kappa shape index (κ1) is 14.3. The molecule has 0 aliphatic heterocycles. The van der Waals surface area contributed by atoms with E-state index < -0.39 is 34.9 Å². The van der Waals surface area contributed by atoms with Gasteiger partial charge in [-0.05, 0) is 6.07 Å². The standard InChI is InChI=1S/C12H7F4NO2S/c13-7-2-8(14)10(16)11(9(7)15)17-3-6-1-5(4-20-6)12(18)19/h1-2,4,17H,3H2,(H,18,19). The zero-order chi connectivity index (χ0) is 14.9. The molecule has 0 saturated carbocycles. The van der Waals surface area contributed by atoms with Gasteiger partial charge in [-0.25, -0.2) is 22.4 Å². The number of carboxylic acid groups (broad SMARTS) is 1. The summed E-state index contributed by atoms with van der Waals surface area (Å²) in [5.41, 5.74) is -0.897. The van der Waals surface area contributed by atoms with Crippen LogP contribution in [0.15, 0.2) is 17.5 Å². The highest BCUT2D eigenvalue weighted by Gasteiger charge is 2.19. The van der Waals surface area contributed by atoms with Crippen LogP contribution in [0.1, 0.15) is 15.2 Å². The summed E-state index contributed by atoms with van der Waals surface area (Å²) in [5, 5.41) is 12.3. The van der Waals surface area contributed by atoms with Crippen molar-refractivity contribution in [2.75, 3.05) is 5.32 Å². The molecule has 2 N–H and O–H groups in total. The predicted molar refractivity (Wildman–Crippen MR) is 64.9 cm³/mol. The molecule has 0 radical (unpaired) electrons. The van der Waals surface area contributed by atoms with Crippen LogP contribution in [-0.4, -0.2) is 11.1 Å². The van der Waals surface area contributed by atoms with Crippen molar-refractivity contribution < 1.29 is 27.5 Å². The lowest BCUT2D eigenvalue weighted by Gasteiger charge is -2.08. The molecule has 3 nitrogen and oxygen atoms in total. The molecule has 0 bridgehead atoms. The first-order valence-corrected chi connectivity index (χ1v) is 6.15. The molecular weight excluding hydrogens is 298 g/mol. The van der Waals surface area contributed by atoms with Crippen molar-refractivity contribution in [3.63, 3.8) is 0 Å². The maximum atomic E-state index is 13.3. The molecule has 2 rings (SSSR count). The predicted octanol–water partition coefficient (Wildman–Crippen LogP) is 3.61. The van der Waals surface area contributed by atoms with Crippen molar-refractivity contribution in [1.82, 2.24) is 0 Å². The van der Waals surface area contributed by atoms with Crippen molar-refractivity contribution in [2.24, 2.45) is 0 Å². The first-order chi connectivity index (χ1) is 9.40. The Labute approximate surface area is 114 Å². The Kier molecular flexibility index (Phi) is 3.93. The third kappa shape index (κ3) is 2.74. The number of aromatic carboxylic acids is 1. The van der Waals surface area contributed by atoms with E-state index in [2.05, 4.69) is 5.32 Å². The molecule has 2 aromatic rings. The van der Waals surface area contributed by atoms with E-state index in [1.807, 2.05) is 0 Å². The zero-order valence-corrected chi connectivity index (χ0v) is 10.5. The summed E-state index contributed by atoms with van der Waals surface area (Å²) in [6, 6.07) is 1.41. The second kappa shape index (κ2) is 5.49. The van der Waals surface area contributed by atoms with Crippen LogP contribution >= 0.6 is 11.3 Å². The van der Waals surface area contributed by atoms with Gasteiger partial charge in [0.1, 0.15) is 5.69 Å². The number of halogens is 4. The monoisotopic (exact) mass is 305 g/mol. The summed E-state index contributed by atoms with van der Waals surface area (Å²) in [6.45, 7) is -0.158. The minimum atomic E-state index is -1.53. The first-order valence-electron chi connectivity index (χ1n) is 5.27. The van der Waals surface area contributed by atoms with Gasteiger partial charge in [0.2, 0.25) is 0 Å². The van der Waals surface area contributed by atoms with Crippen LogP contribution in [0.2, 0.25) is 0 Å². The van der Waals surface area contributed by atoms with Gasteiger partial charge in [-0.3, -0.25) is 0 Å². The third-order valence-corrected chi connectivity index (χ3v) is 3.39. The summed E-state index contributed by atoms with van der Waals surface area (Å²) in [7, 11) is 0. The molecule has 0 atom stereocenters. The fraction of sp³-hybridized carbons (Fsp3) is 0.0833. The van der Waals surface area contributed by atoms with Crippen LogP contribution in [0.4, 0.5) is 23.2 Å². The largest absolute Gasteiger partial charge is 0.478 e. The average Bonchev–Trinajstić information content (AvgIpc) is 2.85. The second-order valence-corrected chi connectivity index (χ2v) is 4.80. The number of thiophene rings is 1. The van der Waals surface area contributed by atoms with E-state index in [1.54, 1.807) is 0 Å². The number of rotatable bonds is 4. The Morgan fingerprint density at radius 1 is 1.15 bits per heavy atom. The van der Waals surface area contributed by atoms with E-state index in [0.717, 1.165) is 11.3 Å². The SMILES string of the molecule is O=C(O)c1csc(CNc2c(F)c(F)cc(F)c2F)c1. The van der Waals surface area contributed by atoms with Crippen LogP contribution in [0.5, 0.6) is 0 Å². The van der Waals surface area contributed by atoms with Gasteiger partial charge >= 0.3 is 5.97 Å². The third-order valence-electron chi connectivity index (χ3n) is 2.45. The van der Waals surface area contributed by atoms with Crippen LogP contribution in [0, 0.1) is 23.3 Å². The highest BCUT2D eigenvalue weighted by Crippen LogP contribution is 2.25. The zero-order valence-electron chi connectivity index (χ0n) is 9.71. The summed E-state index contributed by atoms with van der Waals surface area (Å²) >= 11 is 1.04. The number of nitrogens with one attached hydrogen (secondary N) is 1. The lowest BCUT2D eigenvalue weighted by atomic mass is 10.2. The van der Waals surface area contributed by atoms with Crippen LogP contribution in [0.3, 0.4) is 0 Å². The molecule has 8 heteroatoms. The molecule has 1 aromatic carbocycles. The minimum Gasteiger partial charge on any atom is -0.478 e. The highest BCUT2D eigenvalue weighted by molar-refractivity contribution is 7.10. The maximum absolute atomic E-state index is 13.3. The smallest absolute Gasteiger partial charge is 0.336 e. The van der Waals surface area contributed by atoms with Gasteiger partial charge in [0.05, 0.1) is 5.56 Å². The molecule has 20 heavy (non-hydrogen) atoms. The van der Waals surface area contributed by atoms with Crippen molar-refractivity contribution in [3.05, 3.63) is 51.2 Å². The molecule has 0 spiro atoms. The molecule has 1 aromatic heterocycles. The lowest BCUT2D eigenvalue weighted by Crippen LogP contribution is -2.06. The van der Waals surface area contributed by atoms with Crippen molar-refractivity contribution in [2.45, 2.75) is 6.54 Å². The van der Waals surface area contributed by atoms with Crippen molar-refractivity contribution in [1.29, 1.82) is 0 Å². The summed E-state index contributed by atoms with van der Waals surface area (Å²) in [5.74, 6) is -7.22. The van der Waals surface area contributed by atoms with Crippen LogP contribution in [-0.2, 0) is 6.54 Å². The molecule has 0 fully saturated rings. The molecule has 0 aliphatic carbocycles. The van der Waals surface area contributed by atoms with Gasteiger partial charge in [-0.15, -0.1) is 11.3 Å². The Morgan fingerprint density at radius 3 is 2.25 bits per heavy atom. The number of anilines is 1. The molecule has 106 valence electrons. The minimum absolute atomic E-state index is 0.0261.